The maximum absolute atomic E-state index is 13.8. The lowest BCUT2D eigenvalue weighted by atomic mass is 9.93. The number of ether oxygens (including phenoxy) is 1. The number of hydrogen-bond acceptors (Lipinski definition) is 3. The Morgan fingerprint density at radius 1 is 1.04 bits per heavy atom. The van der Waals surface area contributed by atoms with Gasteiger partial charge in [-0.15, -0.1) is 0 Å². The summed E-state index contributed by atoms with van der Waals surface area (Å²) in [6.45, 7) is 1.61. The molecule has 5 heteroatoms. The van der Waals surface area contributed by atoms with Crippen LogP contribution in [0.5, 0.6) is 5.75 Å². The molecule has 0 aliphatic carbocycles. The minimum absolute atomic E-state index is 0.00976. The number of aliphatic hydroxyl groups is 1. The Balaban J connectivity index is 1.68. The van der Waals surface area contributed by atoms with Crippen LogP contribution in [-0.2, 0) is 5.60 Å². The number of nitrogens with one attached hydrogen (secondary N) is 1. The molecule has 2 N–H and O–H groups in total. The average molecular weight is 379 g/mol. The van der Waals surface area contributed by atoms with Gasteiger partial charge in [0.05, 0.1) is 13.7 Å². The first-order valence-corrected chi connectivity index (χ1v) is 8.91. The molecule has 3 aromatic rings. The van der Waals surface area contributed by atoms with Crippen LogP contribution < -0.4 is 10.1 Å². The molecule has 3 rings (SSSR count). The van der Waals surface area contributed by atoms with Crippen molar-refractivity contribution in [1.29, 1.82) is 0 Å². The zero-order valence-electron chi connectivity index (χ0n) is 15.8. The van der Waals surface area contributed by atoms with Gasteiger partial charge in [-0.2, -0.15) is 0 Å². The molecule has 0 bridgehead atoms. The predicted octanol–water partition coefficient (Wildman–Crippen LogP) is 4.14. The van der Waals surface area contributed by atoms with E-state index < -0.39 is 17.3 Å². The molecule has 0 spiro atoms. The Morgan fingerprint density at radius 2 is 1.68 bits per heavy atom. The number of benzene rings is 3. The number of amides is 1. The van der Waals surface area contributed by atoms with Gasteiger partial charge in [0.2, 0.25) is 0 Å². The molecule has 0 unspecified atom stereocenters. The van der Waals surface area contributed by atoms with Crippen molar-refractivity contribution in [2.24, 2.45) is 0 Å². The van der Waals surface area contributed by atoms with Gasteiger partial charge >= 0.3 is 0 Å². The van der Waals surface area contributed by atoms with Crippen LogP contribution in [0.3, 0.4) is 0 Å². The highest BCUT2D eigenvalue weighted by molar-refractivity contribution is 5.94. The number of halogens is 1. The summed E-state index contributed by atoms with van der Waals surface area (Å²) < 4.78 is 18.6. The van der Waals surface area contributed by atoms with Gasteiger partial charge in [0.15, 0.2) is 11.6 Å². The lowest BCUT2D eigenvalue weighted by molar-refractivity contribution is 0.0526. The first kappa shape index (κ1) is 19.6. The lowest BCUT2D eigenvalue weighted by Gasteiger charge is -2.24. The van der Waals surface area contributed by atoms with E-state index in [9.17, 15) is 14.3 Å². The molecule has 1 amide bonds. The zero-order chi connectivity index (χ0) is 20.1. The summed E-state index contributed by atoms with van der Waals surface area (Å²) in [5, 5.41) is 13.4. The first-order chi connectivity index (χ1) is 13.4. The van der Waals surface area contributed by atoms with E-state index in [0.717, 1.165) is 17.2 Å². The Hall–Kier alpha value is -3.18. The van der Waals surface area contributed by atoms with Gasteiger partial charge in [-0.25, -0.2) is 4.39 Å². The molecule has 0 radical (unpaired) electrons. The predicted molar refractivity (Wildman–Crippen MR) is 107 cm³/mol. The van der Waals surface area contributed by atoms with Gasteiger partial charge in [0, 0.05) is 5.56 Å². The number of hydrogen-bond donors (Lipinski definition) is 2. The van der Waals surface area contributed by atoms with Crippen LogP contribution in [0.4, 0.5) is 4.39 Å². The second kappa shape index (κ2) is 8.23. The van der Waals surface area contributed by atoms with Crippen LogP contribution in [-0.4, -0.2) is 24.7 Å². The monoisotopic (exact) mass is 379 g/mol. The summed E-state index contributed by atoms with van der Waals surface area (Å²) in [5.74, 6) is -1.01. The summed E-state index contributed by atoms with van der Waals surface area (Å²) >= 11 is 0. The fraction of sp³-hybridized carbons (Fsp3) is 0.174. The average Bonchev–Trinajstić information content (AvgIpc) is 2.72. The van der Waals surface area contributed by atoms with Crippen molar-refractivity contribution in [3.8, 4) is 16.9 Å². The third kappa shape index (κ3) is 4.38. The molecule has 144 valence electrons. The standard InChI is InChI=1S/C23H22FNO3/c1-23(27,15-25-22(26)18-10-13-21(28-2)20(24)14-18)19-11-8-17(9-12-19)16-6-4-3-5-7-16/h3-14,27H,15H2,1-2H3,(H,25,26)/t23-/m1/s1. The Labute approximate surface area is 163 Å². The highest BCUT2D eigenvalue weighted by atomic mass is 19.1. The summed E-state index contributed by atoms with van der Waals surface area (Å²) in [6, 6.07) is 21.4. The fourth-order valence-corrected chi connectivity index (χ4v) is 2.92. The van der Waals surface area contributed by atoms with Crippen LogP contribution in [0.1, 0.15) is 22.8 Å². The largest absolute Gasteiger partial charge is 0.494 e. The van der Waals surface area contributed by atoms with Gasteiger partial charge in [0.1, 0.15) is 5.60 Å². The number of methoxy groups -OCH3 is 1. The van der Waals surface area contributed by atoms with E-state index in [-0.39, 0.29) is 17.9 Å². The maximum Gasteiger partial charge on any atom is 0.251 e. The second-order valence-electron chi connectivity index (χ2n) is 6.75. The summed E-state index contributed by atoms with van der Waals surface area (Å²) in [7, 11) is 1.36. The molecule has 4 nitrogen and oxygen atoms in total. The van der Waals surface area contributed by atoms with Gasteiger partial charge in [0.25, 0.3) is 5.91 Å². The number of carbonyl (C=O) groups excluding carboxylic acids is 1. The topological polar surface area (TPSA) is 58.6 Å². The quantitative estimate of drug-likeness (QED) is 0.677. The lowest BCUT2D eigenvalue weighted by Crippen LogP contribution is -2.38. The highest BCUT2D eigenvalue weighted by Gasteiger charge is 2.24. The van der Waals surface area contributed by atoms with Crippen molar-refractivity contribution in [3.05, 3.63) is 89.7 Å². The van der Waals surface area contributed by atoms with Crippen molar-refractivity contribution in [2.45, 2.75) is 12.5 Å². The minimum atomic E-state index is -1.27. The number of carbonyl (C=O) groups is 1. The molecule has 0 saturated carbocycles. The first-order valence-electron chi connectivity index (χ1n) is 8.91. The van der Waals surface area contributed by atoms with E-state index in [1.807, 2.05) is 54.6 Å². The van der Waals surface area contributed by atoms with Crippen molar-refractivity contribution >= 4 is 5.91 Å². The van der Waals surface area contributed by atoms with Crippen LogP contribution in [0.25, 0.3) is 11.1 Å². The molecule has 0 aromatic heterocycles. The van der Waals surface area contributed by atoms with Crippen LogP contribution in [0.15, 0.2) is 72.8 Å². The van der Waals surface area contributed by atoms with E-state index >= 15 is 0 Å². The van der Waals surface area contributed by atoms with Crippen molar-refractivity contribution in [3.63, 3.8) is 0 Å². The molecule has 1 atom stereocenters. The Bertz CT molecular complexity index is 953. The Kier molecular flexibility index (Phi) is 5.76. The van der Waals surface area contributed by atoms with Crippen molar-refractivity contribution < 1.29 is 19.0 Å². The zero-order valence-corrected chi connectivity index (χ0v) is 15.8. The summed E-state index contributed by atoms with van der Waals surface area (Å²) in [5.41, 5.74) is 1.69. The number of rotatable bonds is 6. The van der Waals surface area contributed by atoms with E-state index in [0.29, 0.717) is 5.56 Å². The van der Waals surface area contributed by atoms with Crippen molar-refractivity contribution in [1.82, 2.24) is 5.32 Å². The molecule has 0 saturated heterocycles. The molecular formula is C23H22FNO3. The van der Waals surface area contributed by atoms with Gasteiger partial charge in [-0.3, -0.25) is 4.79 Å². The Morgan fingerprint density at radius 3 is 2.29 bits per heavy atom. The molecule has 0 aliphatic heterocycles. The maximum atomic E-state index is 13.8. The molecule has 3 aromatic carbocycles. The summed E-state index contributed by atoms with van der Waals surface area (Å²) in [4.78, 5) is 12.3. The van der Waals surface area contributed by atoms with Crippen LogP contribution >= 0.6 is 0 Å². The van der Waals surface area contributed by atoms with Gasteiger partial charge in [-0.05, 0) is 41.8 Å². The van der Waals surface area contributed by atoms with E-state index in [1.165, 1.54) is 19.2 Å². The SMILES string of the molecule is COc1ccc(C(=O)NC[C@@](C)(O)c2ccc(-c3ccccc3)cc2)cc1F. The van der Waals surface area contributed by atoms with Gasteiger partial charge < -0.3 is 15.2 Å². The molecule has 28 heavy (non-hydrogen) atoms. The highest BCUT2D eigenvalue weighted by Crippen LogP contribution is 2.25. The fourth-order valence-electron chi connectivity index (χ4n) is 2.92. The normalized spacial score (nSPS) is 12.9. The smallest absolute Gasteiger partial charge is 0.251 e. The second-order valence-corrected chi connectivity index (χ2v) is 6.75. The molecular weight excluding hydrogens is 357 g/mol. The van der Waals surface area contributed by atoms with Crippen molar-refractivity contribution in [2.75, 3.05) is 13.7 Å². The third-order valence-electron chi connectivity index (χ3n) is 4.62. The molecule has 0 heterocycles. The van der Waals surface area contributed by atoms with Gasteiger partial charge in [-0.1, -0.05) is 54.6 Å². The minimum Gasteiger partial charge on any atom is -0.494 e. The van der Waals surface area contributed by atoms with Crippen LogP contribution in [0.2, 0.25) is 0 Å². The van der Waals surface area contributed by atoms with Crippen LogP contribution in [0, 0.1) is 5.82 Å². The van der Waals surface area contributed by atoms with E-state index in [2.05, 4.69) is 5.32 Å². The van der Waals surface area contributed by atoms with E-state index in [4.69, 9.17) is 4.74 Å². The third-order valence-corrected chi connectivity index (χ3v) is 4.62. The molecule has 0 fully saturated rings. The summed E-state index contributed by atoms with van der Waals surface area (Å²) in [6.07, 6.45) is 0. The van der Waals surface area contributed by atoms with E-state index in [1.54, 1.807) is 6.92 Å². The molecule has 0 aliphatic rings.